The fourth-order valence-corrected chi connectivity index (χ4v) is 2.83. The molecule has 114 valence electrons. The van der Waals surface area contributed by atoms with Crippen LogP contribution in [-0.2, 0) is 4.79 Å². The number of amides is 1. The minimum Gasteiger partial charge on any atom is -0.327 e. The minimum absolute atomic E-state index is 0.0597. The maximum absolute atomic E-state index is 13.2. The summed E-state index contributed by atoms with van der Waals surface area (Å²) in [6.45, 7) is 0. The molecule has 2 aromatic rings. The molecule has 0 radical (unpaired) electrons. The number of hydrogen-bond donors (Lipinski definition) is 2. The number of nitriles is 1. The van der Waals surface area contributed by atoms with Crippen molar-refractivity contribution in [2.75, 3.05) is 4.90 Å². The zero-order valence-electron chi connectivity index (χ0n) is 11.9. The Morgan fingerprint density at radius 2 is 1.78 bits per heavy atom. The van der Waals surface area contributed by atoms with Gasteiger partial charge in [-0.15, -0.1) is 12.6 Å². The van der Waals surface area contributed by atoms with E-state index in [1.54, 1.807) is 17.0 Å². The number of carbonyl (C=O) groups is 1. The lowest BCUT2D eigenvalue weighted by atomic mass is 10.1. The van der Waals surface area contributed by atoms with E-state index in [0.29, 0.717) is 5.56 Å². The number of nitrogens with one attached hydrogen (secondary N) is 1. The molecule has 1 heterocycles. The molecule has 0 fully saturated rings. The van der Waals surface area contributed by atoms with Crippen LogP contribution in [0.4, 0.5) is 10.1 Å². The Bertz CT molecular complexity index is 812. The van der Waals surface area contributed by atoms with Crippen molar-refractivity contribution in [3.63, 3.8) is 0 Å². The van der Waals surface area contributed by atoms with Crippen molar-refractivity contribution in [2.45, 2.75) is 6.17 Å². The van der Waals surface area contributed by atoms with E-state index in [2.05, 4.69) is 17.9 Å². The normalized spacial score (nSPS) is 17.7. The van der Waals surface area contributed by atoms with Gasteiger partial charge in [0.2, 0.25) is 0 Å². The summed E-state index contributed by atoms with van der Waals surface area (Å²) >= 11 is 4.38. The van der Waals surface area contributed by atoms with Crippen LogP contribution in [0.1, 0.15) is 11.7 Å². The Kier molecular flexibility index (Phi) is 4.04. The largest absolute Gasteiger partial charge is 0.327 e. The Labute approximate surface area is 138 Å². The molecular formula is C17H12FN3OS. The second kappa shape index (κ2) is 6.15. The molecule has 0 aliphatic carbocycles. The number of rotatable bonds is 2. The van der Waals surface area contributed by atoms with Gasteiger partial charge in [0.25, 0.3) is 5.91 Å². The van der Waals surface area contributed by atoms with Gasteiger partial charge < -0.3 is 10.2 Å². The first-order valence-corrected chi connectivity index (χ1v) is 7.30. The van der Waals surface area contributed by atoms with Gasteiger partial charge in [-0.25, -0.2) is 4.39 Å². The molecule has 1 unspecified atom stereocenters. The summed E-state index contributed by atoms with van der Waals surface area (Å²) in [7, 11) is 0. The predicted molar refractivity (Wildman–Crippen MR) is 87.8 cm³/mol. The van der Waals surface area contributed by atoms with Crippen LogP contribution >= 0.6 is 12.6 Å². The number of hydrogen-bond acceptors (Lipinski definition) is 4. The standard InChI is InChI=1S/C17H12FN3OS/c18-12-8-6-11(7-9-12)15-20-16(22)14(10-19)17(23)21(15)13-4-2-1-3-5-13/h1-9,15,23H,(H,20,22). The molecule has 0 saturated carbocycles. The fourth-order valence-electron chi connectivity index (χ4n) is 2.44. The van der Waals surface area contributed by atoms with E-state index >= 15 is 0 Å². The lowest BCUT2D eigenvalue weighted by molar-refractivity contribution is -0.118. The number of benzene rings is 2. The van der Waals surface area contributed by atoms with E-state index in [9.17, 15) is 14.4 Å². The zero-order valence-corrected chi connectivity index (χ0v) is 12.8. The van der Waals surface area contributed by atoms with Crippen molar-refractivity contribution in [3.05, 3.63) is 76.6 Å². The van der Waals surface area contributed by atoms with Crippen molar-refractivity contribution in [1.29, 1.82) is 5.26 Å². The number of carbonyl (C=O) groups excluding carboxylic acids is 1. The van der Waals surface area contributed by atoms with E-state index in [0.717, 1.165) is 5.69 Å². The maximum Gasteiger partial charge on any atom is 0.266 e. The van der Waals surface area contributed by atoms with E-state index in [-0.39, 0.29) is 16.4 Å². The molecule has 4 nitrogen and oxygen atoms in total. The number of anilines is 1. The molecule has 0 bridgehead atoms. The lowest BCUT2D eigenvalue weighted by Gasteiger charge is -2.38. The predicted octanol–water partition coefficient (Wildman–Crippen LogP) is 3.13. The Balaban J connectivity index is 2.14. The molecule has 0 aromatic heterocycles. The zero-order chi connectivity index (χ0) is 16.4. The van der Waals surface area contributed by atoms with Crippen LogP contribution < -0.4 is 10.2 Å². The monoisotopic (exact) mass is 325 g/mol. The topological polar surface area (TPSA) is 56.1 Å². The van der Waals surface area contributed by atoms with E-state index < -0.39 is 12.1 Å². The lowest BCUT2D eigenvalue weighted by Crippen LogP contribution is -2.46. The smallest absolute Gasteiger partial charge is 0.266 e. The molecule has 0 spiro atoms. The molecule has 1 aliphatic rings. The summed E-state index contributed by atoms with van der Waals surface area (Å²) < 4.78 is 13.2. The summed E-state index contributed by atoms with van der Waals surface area (Å²) in [5, 5.41) is 12.2. The number of halogens is 1. The van der Waals surface area contributed by atoms with Crippen molar-refractivity contribution in [2.24, 2.45) is 0 Å². The molecule has 1 N–H and O–H groups in total. The van der Waals surface area contributed by atoms with Gasteiger partial charge in [-0.2, -0.15) is 5.26 Å². The summed E-state index contributed by atoms with van der Waals surface area (Å²) in [5.74, 6) is -0.861. The van der Waals surface area contributed by atoms with Crippen LogP contribution in [0, 0.1) is 17.1 Å². The molecule has 1 amide bonds. The minimum atomic E-state index is -0.574. The van der Waals surface area contributed by atoms with Crippen molar-refractivity contribution in [3.8, 4) is 6.07 Å². The highest BCUT2D eigenvalue weighted by Gasteiger charge is 2.33. The first kappa shape index (κ1) is 15.1. The van der Waals surface area contributed by atoms with E-state index in [1.165, 1.54) is 12.1 Å². The SMILES string of the molecule is N#CC1=C(S)N(c2ccccc2)C(c2ccc(F)cc2)NC1=O. The molecule has 2 aromatic carbocycles. The van der Waals surface area contributed by atoms with Gasteiger partial charge >= 0.3 is 0 Å². The molecule has 6 heteroatoms. The van der Waals surface area contributed by atoms with Crippen LogP contribution in [-0.4, -0.2) is 5.91 Å². The number of nitrogens with zero attached hydrogens (tertiary/aromatic N) is 2. The highest BCUT2D eigenvalue weighted by molar-refractivity contribution is 7.84. The first-order valence-electron chi connectivity index (χ1n) is 6.86. The van der Waals surface area contributed by atoms with Crippen molar-refractivity contribution >= 4 is 24.2 Å². The van der Waals surface area contributed by atoms with Crippen molar-refractivity contribution < 1.29 is 9.18 Å². The molecule has 3 rings (SSSR count). The van der Waals surface area contributed by atoms with Gasteiger partial charge in [0.1, 0.15) is 23.6 Å². The van der Waals surface area contributed by atoms with E-state index in [1.807, 2.05) is 36.4 Å². The average Bonchev–Trinajstić information content (AvgIpc) is 2.56. The second-order valence-corrected chi connectivity index (χ2v) is 5.37. The first-order chi connectivity index (χ1) is 11.1. The number of thiol groups is 1. The third-order valence-electron chi connectivity index (χ3n) is 3.54. The third-order valence-corrected chi connectivity index (χ3v) is 3.98. The Hall–Kier alpha value is -2.78. The maximum atomic E-state index is 13.2. The Morgan fingerprint density at radius 3 is 2.39 bits per heavy atom. The molecule has 1 aliphatic heterocycles. The Morgan fingerprint density at radius 1 is 1.13 bits per heavy atom. The average molecular weight is 325 g/mol. The van der Waals surface area contributed by atoms with Crippen molar-refractivity contribution in [1.82, 2.24) is 5.32 Å². The van der Waals surface area contributed by atoms with E-state index in [4.69, 9.17) is 0 Å². The molecule has 23 heavy (non-hydrogen) atoms. The molecule has 1 atom stereocenters. The third kappa shape index (κ3) is 2.79. The van der Waals surface area contributed by atoms with Crippen LogP contribution in [0.25, 0.3) is 0 Å². The summed E-state index contributed by atoms with van der Waals surface area (Å²) in [4.78, 5) is 13.9. The van der Waals surface area contributed by atoms with Gasteiger partial charge in [0, 0.05) is 5.69 Å². The summed E-state index contributed by atoms with van der Waals surface area (Å²) in [6, 6.07) is 17.0. The van der Waals surface area contributed by atoms with Gasteiger partial charge in [-0.3, -0.25) is 4.79 Å². The quantitative estimate of drug-likeness (QED) is 0.834. The highest BCUT2D eigenvalue weighted by atomic mass is 32.1. The summed E-state index contributed by atoms with van der Waals surface area (Å²) in [6.07, 6.45) is -0.574. The molecule has 0 saturated heterocycles. The van der Waals surface area contributed by atoms with Crippen LogP contribution in [0.3, 0.4) is 0 Å². The van der Waals surface area contributed by atoms with Gasteiger partial charge in [0.05, 0.1) is 5.03 Å². The van der Waals surface area contributed by atoms with Crippen LogP contribution in [0.2, 0.25) is 0 Å². The fraction of sp³-hybridized carbons (Fsp3) is 0.0588. The van der Waals surface area contributed by atoms with Crippen LogP contribution in [0.15, 0.2) is 65.2 Å². The van der Waals surface area contributed by atoms with Gasteiger partial charge in [0.15, 0.2) is 0 Å². The van der Waals surface area contributed by atoms with Gasteiger partial charge in [-0.1, -0.05) is 30.3 Å². The summed E-state index contributed by atoms with van der Waals surface area (Å²) in [5.41, 5.74) is 1.39. The number of para-hydroxylation sites is 1. The highest BCUT2D eigenvalue weighted by Crippen LogP contribution is 2.35. The van der Waals surface area contributed by atoms with Crippen LogP contribution in [0.5, 0.6) is 0 Å². The second-order valence-electron chi connectivity index (χ2n) is 4.94. The molecular weight excluding hydrogens is 313 g/mol. The van der Waals surface area contributed by atoms with Gasteiger partial charge in [-0.05, 0) is 29.8 Å².